The Morgan fingerprint density at radius 1 is 1.10 bits per heavy atom. The first kappa shape index (κ1) is 16.3. The molecule has 0 aromatic heterocycles. The first-order valence-electron chi connectivity index (χ1n) is 8.67. The van der Waals surface area contributed by atoms with Crippen molar-refractivity contribution in [1.82, 2.24) is 9.80 Å². The Balaban J connectivity index is 2.05. The summed E-state index contributed by atoms with van der Waals surface area (Å²) in [7, 11) is 0. The van der Waals surface area contributed by atoms with Crippen molar-refractivity contribution in [2.75, 3.05) is 32.7 Å². The summed E-state index contributed by atoms with van der Waals surface area (Å²) < 4.78 is 0. The molecule has 0 aromatic carbocycles. The molecule has 0 bridgehead atoms. The zero-order valence-electron chi connectivity index (χ0n) is 14.1. The van der Waals surface area contributed by atoms with Crippen LogP contribution in [0, 0.1) is 11.8 Å². The number of hydrogen-bond acceptors (Lipinski definition) is 3. The number of piperidine rings is 1. The Kier molecular flexibility index (Phi) is 5.49. The average molecular weight is 281 g/mol. The van der Waals surface area contributed by atoms with E-state index in [1.807, 2.05) is 0 Å². The lowest BCUT2D eigenvalue weighted by molar-refractivity contribution is 0.0205. The maximum absolute atomic E-state index is 6.28. The summed E-state index contributed by atoms with van der Waals surface area (Å²) in [5.74, 6) is 1.69. The summed E-state index contributed by atoms with van der Waals surface area (Å²) in [6, 6.07) is 0.670. The summed E-state index contributed by atoms with van der Waals surface area (Å²) >= 11 is 0. The number of nitrogens with zero attached hydrogens (tertiary/aromatic N) is 2. The van der Waals surface area contributed by atoms with Crippen LogP contribution in [0.25, 0.3) is 0 Å². The van der Waals surface area contributed by atoms with Crippen LogP contribution in [0.15, 0.2) is 0 Å². The van der Waals surface area contributed by atoms with E-state index in [1.165, 1.54) is 51.9 Å². The standard InChI is InChI=1S/C17H35N3/c1-14(2)19-9-5-7-17(13-18,8-11-19)20-10-6-15(3)16(4)12-20/h14-16H,5-13,18H2,1-4H3. The van der Waals surface area contributed by atoms with Crippen molar-refractivity contribution >= 4 is 0 Å². The first-order valence-corrected chi connectivity index (χ1v) is 8.67. The second-order valence-corrected chi connectivity index (χ2v) is 7.60. The van der Waals surface area contributed by atoms with Gasteiger partial charge in [0.1, 0.15) is 0 Å². The van der Waals surface area contributed by atoms with Crippen LogP contribution in [-0.2, 0) is 0 Å². The van der Waals surface area contributed by atoms with E-state index >= 15 is 0 Å². The van der Waals surface area contributed by atoms with E-state index in [1.54, 1.807) is 0 Å². The third-order valence-corrected chi connectivity index (χ3v) is 6.07. The zero-order chi connectivity index (χ0) is 14.8. The zero-order valence-corrected chi connectivity index (χ0v) is 14.1. The number of rotatable bonds is 3. The quantitative estimate of drug-likeness (QED) is 0.863. The molecule has 3 heteroatoms. The summed E-state index contributed by atoms with van der Waals surface area (Å²) in [4.78, 5) is 5.38. The van der Waals surface area contributed by atoms with Crippen molar-refractivity contribution in [2.45, 2.75) is 65.0 Å². The normalized spacial score (nSPS) is 38.1. The molecule has 0 spiro atoms. The highest BCUT2D eigenvalue weighted by molar-refractivity contribution is 4.97. The monoisotopic (exact) mass is 281 g/mol. The topological polar surface area (TPSA) is 32.5 Å². The number of nitrogens with two attached hydrogens (primary N) is 1. The van der Waals surface area contributed by atoms with E-state index in [0.29, 0.717) is 6.04 Å². The van der Waals surface area contributed by atoms with E-state index in [0.717, 1.165) is 18.4 Å². The Hall–Kier alpha value is -0.120. The van der Waals surface area contributed by atoms with Crippen molar-refractivity contribution in [2.24, 2.45) is 17.6 Å². The molecule has 0 saturated carbocycles. The Bertz CT molecular complexity index is 305. The van der Waals surface area contributed by atoms with Crippen molar-refractivity contribution in [1.29, 1.82) is 0 Å². The van der Waals surface area contributed by atoms with Crippen LogP contribution in [0.2, 0.25) is 0 Å². The van der Waals surface area contributed by atoms with Gasteiger partial charge in [0.05, 0.1) is 0 Å². The summed E-state index contributed by atoms with van der Waals surface area (Å²) in [5.41, 5.74) is 6.56. The van der Waals surface area contributed by atoms with Crippen LogP contribution >= 0.6 is 0 Å². The number of hydrogen-bond donors (Lipinski definition) is 1. The van der Waals surface area contributed by atoms with E-state index in [4.69, 9.17) is 5.73 Å². The molecule has 2 N–H and O–H groups in total. The van der Waals surface area contributed by atoms with E-state index in [9.17, 15) is 0 Å². The van der Waals surface area contributed by atoms with Gasteiger partial charge in [-0.1, -0.05) is 13.8 Å². The molecule has 2 fully saturated rings. The van der Waals surface area contributed by atoms with Crippen LogP contribution < -0.4 is 5.73 Å². The molecule has 2 saturated heterocycles. The second kappa shape index (κ2) is 6.76. The van der Waals surface area contributed by atoms with Gasteiger partial charge in [-0.2, -0.15) is 0 Å². The maximum Gasteiger partial charge on any atom is 0.0344 e. The molecule has 20 heavy (non-hydrogen) atoms. The predicted octanol–water partition coefficient (Wildman–Crippen LogP) is 2.56. The molecule has 118 valence electrons. The van der Waals surface area contributed by atoms with Gasteiger partial charge in [-0.25, -0.2) is 0 Å². The minimum Gasteiger partial charge on any atom is -0.329 e. The fourth-order valence-corrected chi connectivity index (χ4v) is 4.06. The third kappa shape index (κ3) is 3.37. The summed E-state index contributed by atoms with van der Waals surface area (Å²) in [6.45, 7) is 15.3. The van der Waals surface area contributed by atoms with Crippen LogP contribution in [0.1, 0.15) is 53.4 Å². The SMILES string of the molecule is CC1CCN(C2(CN)CCCN(C(C)C)CC2)CC1C. The second-order valence-electron chi connectivity index (χ2n) is 7.60. The van der Waals surface area contributed by atoms with Crippen LogP contribution in [0.4, 0.5) is 0 Å². The lowest BCUT2D eigenvalue weighted by Crippen LogP contribution is -2.58. The number of likely N-dealkylation sites (tertiary alicyclic amines) is 2. The van der Waals surface area contributed by atoms with Crippen LogP contribution in [0.5, 0.6) is 0 Å². The van der Waals surface area contributed by atoms with Gasteiger partial charge in [0, 0.05) is 31.2 Å². The predicted molar refractivity (Wildman–Crippen MR) is 86.9 cm³/mol. The molecule has 3 atom stereocenters. The lowest BCUT2D eigenvalue weighted by atomic mass is 9.82. The van der Waals surface area contributed by atoms with Crippen molar-refractivity contribution in [3.8, 4) is 0 Å². The van der Waals surface area contributed by atoms with Crippen molar-refractivity contribution < 1.29 is 0 Å². The van der Waals surface area contributed by atoms with Gasteiger partial charge in [-0.15, -0.1) is 0 Å². The highest BCUT2D eigenvalue weighted by atomic mass is 15.2. The molecule has 0 aliphatic carbocycles. The first-order chi connectivity index (χ1) is 9.48. The van der Waals surface area contributed by atoms with Gasteiger partial charge in [0.15, 0.2) is 0 Å². The van der Waals surface area contributed by atoms with Gasteiger partial charge in [-0.3, -0.25) is 4.90 Å². The molecular formula is C17H35N3. The van der Waals surface area contributed by atoms with Crippen molar-refractivity contribution in [3.63, 3.8) is 0 Å². The minimum atomic E-state index is 0.276. The molecule has 3 unspecified atom stereocenters. The smallest absolute Gasteiger partial charge is 0.0344 e. The Morgan fingerprint density at radius 2 is 1.85 bits per heavy atom. The average Bonchev–Trinajstić information content (AvgIpc) is 2.65. The third-order valence-electron chi connectivity index (χ3n) is 6.07. The Morgan fingerprint density at radius 3 is 2.45 bits per heavy atom. The minimum absolute atomic E-state index is 0.276. The van der Waals surface area contributed by atoms with Gasteiger partial charge < -0.3 is 10.6 Å². The molecule has 2 aliphatic rings. The van der Waals surface area contributed by atoms with Gasteiger partial charge in [0.2, 0.25) is 0 Å². The molecule has 2 heterocycles. The lowest BCUT2D eigenvalue weighted by Gasteiger charge is -2.48. The molecule has 0 radical (unpaired) electrons. The van der Waals surface area contributed by atoms with E-state index in [2.05, 4.69) is 37.5 Å². The summed E-state index contributed by atoms with van der Waals surface area (Å²) in [6.07, 6.45) is 5.18. The highest BCUT2D eigenvalue weighted by Gasteiger charge is 2.40. The fraction of sp³-hybridized carbons (Fsp3) is 1.00. The van der Waals surface area contributed by atoms with Gasteiger partial charge in [-0.05, 0) is 64.5 Å². The fourth-order valence-electron chi connectivity index (χ4n) is 4.06. The largest absolute Gasteiger partial charge is 0.329 e. The Labute approximate surface area is 125 Å². The highest BCUT2D eigenvalue weighted by Crippen LogP contribution is 2.34. The molecule has 0 amide bonds. The van der Waals surface area contributed by atoms with Crippen LogP contribution in [0.3, 0.4) is 0 Å². The van der Waals surface area contributed by atoms with Crippen LogP contribution in [-0.4, -0.2) is 54.1 Å². The van der Waals surface area contributed by atoms with Gasteiger partial charge >= 0.3 is 0 Å². The molecular weight excluding hydrogens is 246 g/mol. The maximum atomic E-state index is 6.28. The van der Waals surface area contributed by atoms with Crippen molar-refractivity contribution in [3.05, 3.63) is 0 Å². The molecule has 0 aromatic rings. The summed E-state index contributed by atoms with van der Waals surface area (Å²) in [5, 5.41) is 0. The van der Waals surface area contributed by atoms with Gasteiger partial charge in [0.25, 0.3) is 0 Å². The van der Waals surface area contributed by atoms with E-state index in [-0.39, 0.29) is 5.54 Å². The molecule has 2 rings (SSSR count). The molecule has 2 aliphatic heterocycles. The van der Waals surface area contributed by atoms with E-state index < -0.39 is 0 Å². The molecule has 3 nitrogen and oxygen atoms in total.